The summed E-state index contributed by atoms with van der Waals surface area (Å²) in [6, 6.07) is 8.64. The fourth-order valence-corrected chi connectivity index (χ4v) is 1.55. The second kappa shape index (κ2) is 5.50. The number of benzene rings is 1. The number of carbonyl (C=O) groups excluding carboxylic acids is 2. The van der Waals surface area contributed by atoms with Gasteiger partial charge in [0.05, 0.1) is 0 Å². The lowest BCUT2D eigenvalue weighted by Crippen LogP contribution is -2.42. The van der Waals surface area contributed by atoms with E-state index in [2.05, 4.69) is 5.32 Å². The third-order valence-electron chi connectivity index (χ3n) is 2.55. The molecule has 0 bridgehead atoms. The summed E-state index contributed by atoms with van der Waals surface area (Å²) in [7, 11) is 1.50. The third-order valence-corrected chi connectivity index (χ3v) is 2.55. The summed E-state index contributed by atoms with van der Waals surface area (Å²) >= 11 is 0. The summed E-state index contributed by atoms with van der Waals surface area (Å²) in [4.78, 5) is 27.9. The molecule has 0 radical (unpaired) electrons. The number of rotatable bonds is 3. The van der Waals surface area contributed by atoms with Crippen LogP contribution >= 0.6 is 0 Å². The molecule has 1 aliphatic heterocycles. The first kappa shape index (κ1) is 12.4. The SMILES string of the molecule is CN1OCC(NC(=O)OCc2ccccc2)C1=O. The molecule has 1 aromatic carbocycles. The van der Waals surface area contributed by atoms with E-state index in [1.54, 1.807) is 0 Å². The summed E-state index contributed by atoms with van der Waals surface area (Å²) in [5, 5.41) is 3.55. The highest BCUT2D eigenvalue weighted by atomic mass is 16.7. The van der Waals surface area contributed by atoms with Crippen molar-refractivity contribution in [2.45, 2.75) is 12.6 Å². The molecule has 1 unspecified atom stereocenters. The molecule has 0 saturated carbocycles. The fourth-order valence-electron chi connectivity index (χ4n) is 1.55. The van der Waals surface area contributed by atoms with Gasteiger partial charge in [-0.25, -0.2) is 9.86 Å². The highest BCUT2D eigenvalue weighted by Gasteiger charge is 2.32. The van der Waals surface area contributed by atoms with Gasteiger partial charge in [-0.3, -0.25) is 9.63 Å². The Balaban J connectivity index is 1.78. The Morgan fingerprint density at radius 2 is 2.22 bits per heavy atom. The largest absolute Gasteiger partial charge is 0.445 e. The summed E-state index contributed by atoms with van der Waals surface area (Å²) in [6.07, 6.45) is -0.629. The Kier molecular flexibility index (Phi) is 3.78. The van der Waals surface area contributed by atoms with Crippen molar-refractivity contribution in [3.8, 4) is 0 Å². The summed E-state index contributed by atoms with van der Waals surface area (Å²) in [5.41, 5.74) is 0.888. The Hall–Kier alpha value is -2.08. The van der Waals surface area contributed by atoms with E-state index < -0.39 is 12.1 Å². The van der Waals surface area contributed by atoms with Gasteiger partial charge in [0.2, 0.25) is 0 Å². The zero-order valence-corrected chi connectivity index (χ0v) is 9.96. The van der Waals surface area contributed by atoms with Crippen LogP contribution in [-0.4, -0.2) is 36.8 Å². The van der Waals surface area contributed by atoms with Gasteiger partial charge in [0.1, 0.15) is 19.3 Å². The first-order valence-corrected chi connectivity index (χ1v) is 5.54. The normalized spacial score (nSPS) is 18.8. The van der Waals surface area contributed by atoms with Gasteiger partial charge in [-0.05, 0) is 5.56 Å². The minimum absolute atomic E-state index is 0.135. The van der Waals surface area contributed by atoms with Gasteiger partial charge in [-0.1, -0.05) is 30.3 Å². The number of ether oxygens (including phenoxy) is 1. The Bertz CT molecular complexity index is 435. The van der Waals surface area contributed by atoms with Crippen LogP contribution in [-0.2, 0) is 21.0 Å². The molecule has 0 aromatic heterocycles. The highest BCUT2D eigenvalue weighted by Crippen LogP contribution is 2.05. The zero-order valence-electron chi connectivity index (χ0n) is 9.96. The third kappa shape index (κ3) is 2.98. The minimum Gasteiger partial charge on any atom is -0.445 e. The number of hydroxylamine groups is 2. The second-order valence-electron chi connectivity index (χ2n) is 3.89. The first-order valence-electron chi connectivity index (χ1n) is 5.54. The molecular formula is C12H14N2O4. The quantitative estimate of drug-likeness (QED) is 0.856. The van der Waals surface area contributed by atoms with Crippen molar-refractivity contribution in [1.29, 1.82) is 0 Å². The van der Waals surface area contributed by atoms with Crippen molar-refractivity contribution in [1.82, 2.24) is 10.4 Å². The van der Waals surface area contributed by atoms with E-state index in [0.717, 1.165) is 10.6 Å². The van der Waals surface area contributed by atoms with Gasteiger partial charge in [0, 0.05) is 7.05 Å². The number of carbonyl (C=O) groups is 2. The van der Waals surface area contributed by atoms with E-state index >= 15 is 0 Å². The van der Waals surface area contributed by atoms with Crippen molar-refractivity contribution in [2.24, 2.45) is 0 Å². The topological polar surface area (TPSA) is 67.9 Å². The maximum Gasteiger partial charge on any atom is 0.408 e. The predicted octanol–water partition coefficient (Wildman–Crippen LogP) is 0.685. The average molecular weight is 250 g/mol. The van der Waals surface area contributed by atoms with Crippen molar-refractivity contribution >= 4 is 12.0 Å². The number of nitrogens with one attached hydrogen (secondary N) is 1. The molecule has 2 rings (SSSR count). The van der Waals surface area contributed by atoms with Crippen LogP contribution in [0.4, 0.5) is 4.79 Å². The van der Waals surface area contributed by atoms with Gasteiger partial charge in [-0.2, -0.15) is 0 Å². The lowest BCUT2D eigenvalue weighted by atomic mass is 10.2. The number of hydrogen-bond donors (Lipinski definition) is 1. The fraction of sp³-hybridized carbons (Fsp3) is 0.333. The molecule has 18 heavy (non-hydrogen) atoms. The number of hydrogen-bond acceptors (Lipinski definition) is 4. The first-order chi connectivity index (χ1) is 8.66. The molecular weight excluding hydrogens is 236 g/mol. The Morgan fingerprint density at radius 1 is 1.50 bits per heavy atom. The van der Waals surface area contributed by atoms with Crippen molar-refractivity contribution in [3.63, 3.8) is 0 Å². The van der Waals surface area contributed by atoms with Crippen LogP contribution < -0.4 is 5.32 Å². The van der Waals surface area contributed by atoms with Crippen LogP contribution in [0.1, 0.15) is 5.56 Å². The molecule has 6 nitrogen and oxygen atoms in total. The molecule has 2 amide bonds. The number of likely N-dealkylation sites (N-methyl/N-ethyl adjacent to an activating group) is 1. The lowest BCUT2D eigenvalue weighted by molar-refractivity contribution is -0.154. The molecule has 1 aromatic rings. The van der Waals surface area contributed by atoms with E-state index in [-0.39, 0.29) is 19.1 Å². The molecule has 0 aliphatic carbocycles. The average Bonchev–Trinajstić information content (AvgIpc) is 2.70. The van der Waals surface area contributed by atoms with Gasteiger partial charge in [-0.15, -0.1) is 0 Å². The number of amides is 2. The summed E-state index contributed by atoms with van der Waals surface area (Å²) in [6.45, 7) is 0.306. The van der Waals surface area contributed by atoms with Crippen LogP contribution in [0.3, 0.4) is 0 Å². The maximum atomic E-state index is 11.5. The summed E-state index contributed by atoms with van der Waals surface area (Å²) in [5.74, 6) is -0.285. The van der Waals surface area contributed by atoms with Crippen LogP contribution in [0.15, 0.2) is 30.3 Å². The molecule has 1 fully saturated rings. The van der Waals surface area contributed by atoms with Crippen LogP contribution in [0.2, 0.25) is 0 Å². The molecule has 1 atom stereocenters. The van der Waals surface area contributed by atoms with Crippen molar-refractivity contribution in [2.75, 3.05) is 13.7 Å². The molecule has 6 heteroatoms. The van der Waals surface area contributed by atoms with Gasteiger partial charge < -0.3 is 10.1 Å². The van der Waals surface area contributed by atoms with Gasteiger partial charge in [0.15, 0.2) is 0 Å². The molecule has 0 spiro atoms. The van der Waals surface area contributed by atoms with Crippen LogP contribution in [0, 0.1) is 0 Å². The van der Waals surface area contributed by atoms with E-state index in [1.807, 2.05) is 30.3 Å². The Morgan fingerprint density at radius 3 is 2.83 bits per heavy atom. The monoisotopic (exact) mass is 250 g/mol. The van der Waals surface area contributed by atoms with Gasteiger partial charge >= 0.3 is 6.09 Å². The Labute approximate surface area is 104 Å². The molecule has 1 aliphatic rings. The van der Waals surface area contributed by atoms with E-state index in [1.165, 1.54) is 7.05 Å². The van der Waals surface area contributed by atoms with E-state index in [0.29, 0.717) is 0 Å². The standard InChI is InChI=1S/C12H14N2O4/c1-14-11(15)10(8-18-14)13-12(16)17-7-9-5-3-2-4-6-9/h2-6,10H,7-8H2,1H3,(H,13,16). The highest BCUT2D eigenvalue weighted by molar-refractivity contribution is 5.86. The van der Waals surface area contributed by atoms with Crippen LogP contribution in [0.5, 0.6) is 0 Å². The van der Waals surface area contributed by atoms with Crippen molar-refractivity contribution < 1.29 is 19.2 Å². The lowest BCUT2D eigenvalue weighted by Gasteiger charge is -2.10. The van der Waals surface area contributed by atoms with Crippen molar-refractivity contribution in [3.05, 3.63) is 35.9 Å². The zero-order chi connectivity index (χ0) is 13.0. The molecule has 1 saturated heterocycles. The van der Waals surface area contributed by atoms with Crippen LogP contribution in [0.25, 0.3) is 0 Å². The molecule has 1 N–H and O–H groups in total. The summed E-state index contributed by atoms with van der Waals surface area (Å²) < 4.78 is 5.00. The van der Waals surface area contributed by atoms with Gasteiger partial charge in [0.25, 0.3) is 5.91 Å². The number of nitrogens with zero attached hydrogens (tertiary/aromatic N) is 1. The predicted molar refractivity (Wildman–Crippen MR) is 62.3 cm³/mol. The smallest absolute Gasteiger partial charge is 0.408 e. The molecule has 1 heterocycles. The molecule has 96 valence electrons. The maximum absolute atomic E-state index is 11.5. The number of alkyl carbamates (subject to hydrolysis) is 1. The minimum atomic E-state index is -0.668. The van der Waals surface area contributed by atoms with E-state index in [9.17, 15) is 9.59 Å². The second-order valence-corrected chi connectivity index (χ2v) is 3.89. The van der Waals surface area contributed by atoms with E-state index in [4.69, 9.17) is 9.57 Å².